The van der Waals surface area contributed by atoms with Crippen LogP contribution in [0.15, 0.2) is 102 Å². The van der Waals surface area contributed by atoms with E-state index in [0.29, 0.717) is 18.8 Å². The van der Waals surface area contributed by atoms with Gasteiger partial charge in [0.15, 0.2) is 5.76 Å². The molecule has 0 spiro atoms. The lowest BCUT2D eigenvalue weighted by Crippen LogP contribution is -2.31. The molecule has 0 saturated carbocycles. The Bertz CT molecular complexity index is 1320. The van der Waals surface area contributed by atoms with Gasteiger partial charge in [-0.05, 0) is 48.2 Å². The Morgan fingerprint density at radius 3 is 2.41 bits per heavy atom. The zero-order valence-electron chi connectivity index (χ0n) is 17.8. The molecule has 5 rings (SSSR count). The molecular weight excluding hydrogens is 396 g/mol. The summed E-state index contributed by atoms with van der Waals surface area (Å²) in [5, 5.41) is 2.01. The van der Waals surface area contributed by atoms with Gasteiger partial charge in [-0.15, -0.1) is 0 Å². The molecule has 3 aromatic carbocycles. The first-order chi connectivity index (χ1) is 15.8. The van der Waals surface area contributed by atoms with E-state index in [1.807, 2.05) is 83.9 Å². The molecule has 2 heterocycles. The molecule has 0 aliphatic rings. The van der Waals surface area contributed by atoms with E-state index in [-0.39, 0.29) is 5.91 Å². The fourth-order valence-electron chi connectivity index (χ4n) is 4.04. The van der Waals surface area contributed by atoms with Crippen molar-refractivity contribution in [2.75, 3.05) is 6.54 Å². The summed E-state index contributed by atoms with van der Waals surface area (Å²) in [6, 6.07) is 30.1. The molecule has 0 unspecified atom stereocenters. The molecule has 0 radical (unpaired) electrons. The van der Waals surface area contributed by atoms with Gasteiger partial charge in [0.2, 0.25) is 0 Å². The van der Waals surface area contributed by atoms with Crippen LogP contribution < -0.4 is 0 Å². The number of fused-ring (bicyclic) bond motifs is 2. The molecule has 0 N–H and O–H groups in total. The van der Waals surface area contributed by atoms with Crippen LogP contribution in [0.4, 0.5) is 0 Å². The van der Waals surface area contributed by atoms with Crippen molar-refractivity contribution in [2.24, 2.45) is 0 Å². The normalized spacial score (nSPS) is 11.1. The van der Waals surface area contributed by atoms with Gasteiger partial charge in [0.05, 0.1) is 5.52 Å². The van der Waals surface area contributed by atoms with E-state index in [4.69, 9.17) is 4.42 Å². The van der Waals surface area contributed by atoms with Gasteiger partial charge in [0.25, 0.3) is 5.91 Å². The highest BCUT2D eigenvalue weighted by atomic mass is 16.3. The zero-order chi connectivity index (χ0) is 21.8. The lowest BCUT2D eigenvalue weighted by molar-refractivity contribution is 0.0711. The SMILES string of the molecule is O=C(c1cc2ccccc2o1)N(CCCc1ccccc1)Cc1cnc2ccccc2c1. The molecule has 5 aromatic rings. The molecule has 158 valence electrons. The summed E-state index contributed by atoms with van der Waals surface area (Å²) in [5.74, 6) is 0.280. The molecule has 0 bridgehead atoms. The Kier molecular flexibility index (Phi) is 5.67. The van der Waals surface area contributed by atoms with Gasteiger partial charge in [-0.3, -0.25) is 9.78 Å². The molecule has 0 aliphatic carbocycles. The highest BCUT2D eigenvalue weighted by Crippen LogP contribution is 2.22. The largest absolute Gasteiger partial charge is 0.451 e. The van der Waals surface area contributed by atoms with Crippen LogP contribution in [-0.2, 0) is 13.0 Å². The molecule has 0 atom stereocenters. The van der Waals surface area contributed by atoms with E-state index in [9.17, 15) is 4.79 Å². The van der Waals surface area contributed by atoms with Crippen LogP contribution in [0.25, 0.3) is 21.9 Å². The van der Waals surface area contributed by atoms with Crippen molar-refractivity contribution in [1.82, 2.24) is 9.88 Å². The van der Waals surface area contributed by atoms with Crippen LogP contribution in [0.2, 0.25) is 0 Å². The van der Waals surface area contributed by atoms with Crippen LogP contribution in [0.3, 0.4) is 0 Å². The number of furan rings is 1. The van der Waals surface area contributed by atoms with Gasteiger partial charge in [-0.2, -0.15) is 0 Å². The van der Waals surface area contributed by atoms with E-state index in [1.54, 1.807) is 0 Å². The monoisotopic (exact) mass is 420 g/mol. The van der Waals surface area contributed by atoms with Crippen molar-refractivity contribution in [3.8, 4) is 0 Å². The minimum Gasteiger partial charge on any atom is -0.451 e. The summed E-state index contributed by atoms with van der Waals surface area (Å²) in [7, 11) is 0. The minimum atomic E-state index is -0.0950. The Morgan fingerprint density at radius 1 is 0.812 bits per heavy atom. The summed E-state index contributed by atoms with van der Waals surface area (Å²) >= 11 is 0. The van der Waals surface area contributed by atoms with Crippen molar-refractivity contribution in [1.29, 1.82) is 0 Å². The number of hydrogen-bond donors (Lipinski definition) is 0. The van der Waals surface area contributed by atoms with E-state index in [0.717, 1.165) is 40.3 Å². The number of rotatable bonds is 7. The highest BCUT2D eigenvalue weighted by Gasteiger charge is 2.20. The molecular formula is C28H24N2O2. The number of pyridine rings is 1. The highest BCUT2D eigenvalue weighted by molar-refractivity contribution is 5.96. The topological polar surface area (TPSA) is 46.3 Å². The second-order valence-corrected chi connectivity index (χ2v) is 8.00. The standard InChI is InChI=1S/C28H24N2O2/c31-28(27-18-24-13-5-7-15-26(24)32-27)30(16-8-11-21-9-2-1-3-10-21)20-22-17-23-12-4-6-14-25(23)29-19-22/h1-7,9-10,12-15,17-19H,8,11,16,20H2. The maximum absolute atomic E-state index is 13.4. The fraction of sp³-hybridized carbons (Fsp3) is 0.143. The molecule has 32 heavy (non-hydrogen) atoms. The number of aryl methyl sites for hydroxylation is 1. The van der Waals surface area contributed by atoms with Crippen LogP contribution in [0.1, 0.15) is 28.1 Å². The third kappa shape index (κ3) is 4.40. The first-order valence-corrected chi connectivity index (χ1v) is 10.9. The predicted molar refractivity (Wildman–Crippen MR) is 127 cm³/mol. The third-order valence-corrected chi connectivity index (χ3v) is 5.68. The number of para-hydroxylation sites is 2. The van der Waals surface area contributed by atoms with Crippen LogP contribution in [0.5, 0.6) is 0 Å². The van der Waals surface area contributed by atoms with Crippen molar-refractivity contribution in [2.45, 2.75) is 19.4 Å². The van der Waals surface area contributed by atoms with E-state index in [1.165, 1.54) is 5.56 Å². The number of aromatic nitrogens is 1. The second-order valence-electron chi connectivity index (χ2n) is 8.00. The number of carbonyl (C=O) groups is 1. The Balaban J connectivity index is 1.39. The van der Waals surface area contributed by atoms with Gasteiger partial charge in [0.1, 0.15) is 5.58 Å². The predicted octanol–water partition coefficient (Wildman–Crippen LogP) is 6.26. The maximum Gasteiger partial charge on any atom is 0.289 e. The summed E-state index contributed by atoms with van der Waals surface area (Å²) in [4.78, 5) is 19.9. The lowest BCUT2D eigenvalue weighted by Gasteiger charge is -2.22. The van der Waals surface area contributed by atoms with Crippen molar-refractivity contribution in [3.05, 3.63) is 114 Å². The second kappa shape index (κ2) is 9.06. The fourth-order valence-corrected chi connectivity index (χ4v) is 4.04. The smallest absolute Gasteiger partial charge is 0.289 e. The number of hydrogen-bond acceptors (Lipinski definition) is 3. The summed E-state index contributed by atoms with van der Waals surface area (Å²) < 4.78 is 5.88. The number of nitrogens with zero attached hydrogens (tertiary/aromatic N) is 2. The molecule has 4 heteroatoms. The van der Waals surface area contributed by atoms with Crippen LogP contribution >= 0.6 is 0 Å². The number of amides is 1. The van der Waals surface area contributed by atoms with Crippen LogP contribution in [0, 0.1) is 0 Å². The molecule has 0 fully saturated rings. The van der Waals surface area contributed by atoms with E-state index >= 15 is 0 Å². The quantitative estimate of drug-likeness (QED) is 0.312. The third-order valence-electron chi connectivity index (χ3n) is 5.68. The minimum absolute atomic E-state index is 0.0950. The first-order valence-electron chi connectivity index (χ1n) is 10.9. The lowest BCUT2D eigenvalue weighted by atomic mass is 10.1. The molecule has 2 aromatic heterocycles. The average molecular weight is 421 g/mol. The summed E-state index contributed by atoms with van der Waals surface area (Å²) in [6.07, 6.45) is 3.65. The molecule has 4 nitrogen and oxygen atoms in total. The van der Waals surface area contributed by atoms with Crippen LogP contribution in [-0.4, -0.2) is 22.3 Å². The van der Waals surface area contributed by atoms with Crippen molar-refractivity contribution in [3.63, 3.8) is 0 Å². The Morgan fingerprint density at radius 2 is 1.56 bits per heavy atom. The molecule has 0 aliphatic heterocycles. The zero-order valence-corrected chi connectivity index (χ0v) is 17.8. The van der Waals surface area contributed by atoms with E-state index in [2.05, 4.69) is 23.2 Å². The number of benzene rings is 3. The maximum atomic E-state index is 13.4. The van der Waals surface area contributed by atoms with Gasteiger partial charge >= 0.3 is 0 Å². The van der Waals surface area contributed by atoms with Gasteiger partial charge in [0, 0.05) is 30.1 Å². The molecule has 0 saturated heterocycles. The Hall–Kier alpha value is -3.92. The summed E-state index contributed by atoms with van der Waals surface area (Å²) in [6.45, 7) is 1.13. The average Bonchev–Trinajstić information content (AvgIpc) is 3.28. The summed E-state index contributed by atoms with van der Waals surface area (Å²) in [5.41, 5.74) is 3.96. The Labute approximate surface area is 187 Å². The van der Waals surface area contributed by atoms with Gasteiger partial charge in [-0.1, -0.05) is 66.7 Å². The van der Waals surface area contributed by atoms with Gasteiger partial charge < -0.3 is 9.32 Å². The molecule has 1 amide bonds. The van der Waals surface area contributed by atoms with E-state index < -0.39 is 0 Å². The first kappa shape index (κ1) is 20.0. The number of carbonyl (C=O) groups excluding carboxylic acids is 1. The van der Waals surface area contributed by atoms with Crippen molar-refractivity contribution >= 4 is 27.8 Å². The van der Waals surface area contributed by atoms with Crippen molar-refractivity contribution < 1.29 is 9.21 Å². The van der Waals surface area contributed by atoms with Gasteiger partial charge in [-0.25, -0.2) is 0 Å².